The molecule has 0 aliphatic rings. The van der Waals surface area contributed by atoms with Crippen molar-refractivity contribution in [2.45, 2.75) is 30.9 Å². The maximum Gasteiger partial charge on any atom is 0.326 e. The third kappa shape index (κ3) is 5.06. The molecule has 2 aromatic rings. The minimum Gasteiger partial charge on any atom is -0.497 e. The number of ether oxygens (including phenoxy) is 3. The lowest BCUT2D eigenvalue weighted by molar-refractivity contribution is -0.145. The van der Waals surface area contributed by atoms with E-state index in [1.165, 1.54) is 32.4 Å². The predicted molar refractivity (Wildman–Crippen MR) is 107 cm³/mol. The van der Waals surface area contributed by atoms with Gasteiger partial charge in [0, 0.05) is 0 Å². The van der Waals surface area contributed by atoms with Gasteiger partial charge in [0.1, 0.15) is 28.5 Å². The van der Waals surface area contributed by atoms with E-state index >= 15 is 0 Å². The largest absolute Gasteiger partial charge is 0.497 e. The lowest BCUT2D eigenvalue weighted by Gasteiger charge is -2.23. The van der Waals surface area contributed by atoms with Crippen molar-refractivity contribution in [3.8, 4) is 11.5 Å². The first kappa shape index (κ1) is 22.7. The summed E-state index contributed by atoms with van der Waals surface area (Å²) in [5, 5.41) is 10.7. The average molecular weight is 423 g/mol. The lowest BCUT2D eigenvalue weighted by atomic mass is 10.0. The molecular formula is C20H25NO7S. The van der Waals surface area contributed by atoms with Gasteiger partial charge in [-0.25, -0.2) is 8.42 Å². The third-order valence-corrected chi connectivity index (χ3v) is 6.04. The minimum atomic E-state index is -4.22. The first-order valence-electron chi connectivity index (χ1n) is 8.72. The van der Waals surface area contributed by atoms with E-state index in [4.69, 9.17) is 14.2 Å². The van der Waals surface area contributed by atoms with E-state index in [1.807, 2.05) is 6.92 Å². The molecule has 0 radical (unpaired) electrons. The molecule has 2 rings (SSSR count). The second-order valence-electron chi connectivity index (χ2n) is 6.43. The molecule has 29 heavy (non-hydrogen) atoms. The van der Waals surface area contributed by atoms with Crippen molar-refractivity contribution in [2.75, 3.05) is 21.3 Å². The van der Waals surface area contributed by atoms with Gasteiger partial charge in [-0.2, -0.15) is 4.72 Å². The number of nitrogens with one attached hydrogen (secondary N) is 1. The van der Waals surface area contributed by atoms with Crippen LogP contribution in [0, 0.1) is 13.8 Å². The molecule has 0 aliphatic heterocycles. The van der Waals surface area contributed by atoms with E-state index < -0.39 is 28.1 Å². The van der Waals surface area contributed by atoms with Gasteiger partial charge in [-0.1, -0.05) is 12.1 Å². The van der Waals surface area contributed by atoms with Crippen LogP contribution in [-0.2, 0) is 19.6 Å². The fourth-order valence-corrected chi connectivity index (χ4v) is 4.15. The number of hydrogen-bond acceptors (Lipinski definition) is 7. The number of hydrogen-bond donors (Lipinski definition) is 2. The molecule has 0 fully saturated rings. The van der Waals surface area contributed by atoms with Crippen LogP contribution in [0.4, 0.5) is 0 Å². The second kappa shape index (κ2) is 9.25. The Morgan fingerprint density at radius 3 is 2.10 bits per heavy atom. The van der Waals surface area contributed by atoms with Crippen LogP contribution >= 0.6 is 0 Å². The summed E-state index contributed by atoms with van der Waals surface area (Å²) in [4.78, 5) is 12.1. The van der Waals surface area contributed by atoms with Crippen molar-refractivity contribution in [1.29, 1.82) is 0 Å². The summed E-state index contributed by atoms with van der Waals surface area (Å²) < 4.78 is 43.2. The summed E-state index contributed by atoms with van der Waals surface area (Å²) in [7, 11) is -0.263. The Labute approximate surface area is 170 Å². The minimum absolute atomic E-state index is 0.128. The Balaban J connectivity index is 2.43. The van der Waals surface area contributed by atoms with Gasteiger partial charge in [0.2, 0.25) is 10.0 Å². The van der Waals surface area contributed by atoms with Crippen LogP contribution in [-0.4, -0.2) is 46.9 Å². The summed E-state index contributed by atoms with van der Waals surface area (Å²) in [6, 6.07) is 7.72. The van der Waals surface area contributed by atoms with Gasteiger partial charge >= 0.3 is 5.97 Å². The Hall–Kier alpha value is -2.62. The van der Waals surface area contributed by atoms with E-state index in [2.05, 4.69) is 4.72 Å². The third-order valence-electron chi connectivity index (χ3n) is 4.58. The van der Waals surface area contributed by atoms with E-state index in [1.54, 1.807) is 25.1 Å². The molecular weight excluding hydrogens is 398 g/mol. The zero-order valence-electron chi connectivity index (χ0n) is 16.9. The highest BCUT2D eigenvalue weighted by molar-refractivity contribution is 7.89. The SMILES string of the molecule is COC(=O)C(NS(=O)(=O)c1cc(C)c(C)cc1OC)C(O)c1ccc(OC)cc1. The van der Waals surface area contributed by atoms with Gasteiger partial charge in [-0.15, -0.1) is 0 Å². The second-order valence-corrected chi connectivity index (χ2v) is 8.11. The van der Waals surface area contributed by atoms with Crippen molar-refractivity contribution in [1.82, 2.24) is 4.72 Å². The van der Waals surface area contributed by atoms with Crippen molar-refractivity contribution in [3.05, 3.63) is 53.1 Å². The zero-order valence-corrected chi connectivity index (χ0v) is 17.7. The number of sulfonamides is 1. The molecule has 0 saturated heterocycles. The average Bonchev–Trinajstić information content (AvgIpc) is 2.72. The standard InChI is InChI=1S/C20H25NO7S/c1-12-10-16(27-4)17(11-13(12)2)29(24,25)21-18(20(23)28-5)19(22)14-6-8-15(26-3)9-7-14/h6-11,18-19,21-22H,1-5H3. The molecule has 0 heterocycles. The topological polar surface area (TPSA) is 111 Å². The lowest BCUT2D eigenvalue weighted by Crippen LogP contribution is -2.45. The smallest absolute Gasteiger partial charge is 0.326 e. The number of carbonyl (C=O) groups is 1. The van der Waals surface area contributed by atoms with E-state index in [-0.39, 0.29) is 10.6 Å². The normalized spacial score (nSPS) is 13.4. The molecule has 0 spiro atoms. The molecule has 2 aromatic carbocycles. The van der Waals surface area contributed by atoms with E-state index in [9.17, 15) is 18.3 Å². The van der Waals surface area contributed by atoms with E-state index in [0.717, 1.165) is 18.2 Å². The monoisotopic (exact) mass is 423 g/mol. The zero-order chi connectivity index (χ0) is 21.8. The Morgan fingerprint density at radius 2 is 1.59 bits per heavy atom. The number of aliphatic hydroxyl groups is 1. The summed E-state index contributed by atoms with van der Waals surface area (Å²) >= 11 is 0. The molecule has 0 aliphatic carbocycles. The van der Waals surface area contributed by atoms with Crippen molar-refractivity contribution < 1.29 is 32.5 Å². The molecule has 8 nitrogen and oxygen atoms in total. The number of methoxy groups -OCH3 is 3. The van der Waals surface area contributed by atoms with Crippen LogP contribution < -0.4 is 14.2 Å². The van der Waals surface area contributed by atoms with Crippen LogP contribution in [0.5, 0.6) is 11.5 Å². The highest BCUT2D eigenvalue weighted by atomic mass is 32.2. The number of aryl methyl sites for hydroxylation is 2. The maximum atomic E-state index is 13.0. The molecule has 158 valence electrons. The van der Waals surface area contributed by atoms with Crippen molar-refractivity contribution in [3.63, 3.8) is 0 Å². The van der Waals surface area contributed by atoms with Crippen molar-refractivity contribution >= 4 is 16.0 Å². The van der Waals surface area contributed by atoms with E-state index in [0.29, 0.717) is 11.3 Å². The molecule has 2 N–H and O–H groups in total. The van der Waals surface area contributed by atoms with Crippen LogP contribution in [0.15, 0.2) is 41.3 Å². The van der Waals surface area contributed by atoms with Crippen LogP contribution in [0.3, 0.4) is 0 Å². The molecule has 9 heteroatoms. The number of benzene rings is 2. The number of esters is 1. The first-order valence-corrected chi connectivity index (χ1v) is 10.2. The summed E-state index contributed by atoms with van der Waals surface area (Å²) in [6.07, 6.45) is -1.49. The van der Waals surface area contributed by atoms with Gasteiger partial charge in [0.05, 0.1) is 21.3 Å². The fourth-order valence-electron chi connectivity index (χ4n) is 2.73. The molecule has 0 bridgehead atoms. The molecule has 0 amide bonds. The van der Waals surface area contributed by atoms with Crippen LogP contribution in [0.25, 0.3) is 0 Å². The quantitative estimate of drug-likeness (QED) is 0.624. The summed E-state index contributed by atoms with van der Waals surface area (Å²) in [6.45, 7) is 3.59. The summed E-state index contributed by atoms with van der Waals surface area (Å²) in [5.41, 5.74) is 1.90. The summed E-state index contributed by atoms with van der Waals surface area (Å²) in [5.74, 6) is -0.251. The maximum absolute atomic E-state index is 13.0. The van der Waals surface area contributed by atoms with Gasteiger partial charge in [0.15, 0.2) is 0 Å². The van der Waals surface area contributed by atoms with Gasteiger partial charge in [0.25, 0.3) is 0 Å². The highest BCUT2D eigenvalue weighted by Crippen LogP contribution is 2.29. The first-order chi connectivity index (χ1) is 13.6. The number of aliphatic hydroxyl groups excluding tert-OH is 1. The fraction of sp³-hybridized carbons (Fsp3) is 0.350. The Morgan fingerprint density at radius 1 is 1.00 bits per heavy atom. The predicted octanol–water partition coefficient (Wildman–Crippen LogP) is 1.87. The Bertz CT molecular complexity index is 971. The Kier molecular flexibility index (Phi) is 7.23. The number of rotatable bonds is 8. The molecule has 0 saturated carbocycles. The van der Waals surface area contributed by atoms with Gasteiger partial charge in [-0.05, 0) is 54.8 Å². The molecule has 2 unspecified atom stereocenters. The molecule has 2 atom stereocenters. The molecule has 0 aromatic heterocycles. The van der Waals surface area contributed by atoms with Gasteiger partial charge in [-0.3, -0.25) is 4.79 Å². The van der Waals surface area contributed by atoms with Crippen LogP contribution in [0.2, 0.25) is 0 Å². The van der Waals surface area contributed by atoms with Gasteiger partial charge < -0.3 is 19.3 Å². The number of carbonyl (C=O) groups excluding carboxylic acids is 1. The van der Waals surface area contributed by atoms with Crippen molar-refractivity contribution in [2.24, 2.45) is 0 Å². The van der Waals surface area contributed by atoms with Crippen LogP contribution in [0.1, 0.15) is 22.8 Å². The highest BCUT2D eigenvalue weighted by Gasteiger charge is 2.35.